The lowest BCUT2D eigenvalue weighted by molar-refractivity contribution is 0.101. The van der Waals surface area contributed by atoms with Gasteiger partial charge in [-0.3, -0.25) is 4.79 Å². The van der Waals surface area contributed by atoms with Crippen molar-refractivity contribution < 1.29 is 14.1 Å². The zero-order valence-corrected chi connectivity index (χ0v) is 11.1. The van der Waals surface area contributed by atoms with Crippen molar-refractivity contribution in [2.75, 3.05) is 12.4 Å². The summed E-state index contributed by atoms with van der Waals surface area (Å²) in [5.41, 5.74) is 1.72. The van der Waals surface area contributed by atoms with E-state index in [0.717, 1.165) is 5.56 Å². The molecule has 0 aliphatic carbocycles. The summed E-state index contributed by atoms with van der Waals surface area (Å²) in [6.07, 6.45) is 0. The molecular weight excluding hydrogens is 268 g/mol. The first-order valence-corrected chi connectivity index (χ1v) is 6.17. The van der Waals surface area contributed by atoms with Crippen LogP contribution in [0, 0.1) is 0 Å². The molecule has 0 saturated carbocycles. The van der Waals surface area contributed by atoms with Crippen molar-refractivity contribution in [2.45, 2.75) is 12.5 Å². The van der Waals surface area contributed by atoms with Crippen LogP contribution in [0.5, 0.6) is 0 Å². The quantitative estimate of drug-likeness (QED) is 0.856. The molecule has 0 bridgehead atoms. The fourth-order valence-electron chi connectivity index (χ4n) is 1.58. The third-order valence-corrected chi connectivity index (χ3v) is 2.78. The minimum Gasteiger partial charge on any atom is -0.377 e. The molecule has 1 aromatic carbocycles. The number of para-hydroxylation sites is 1. The van der Waals surface area contributed by atoms with E-state index in [0.29, 0.717) is 17.3 Å². The predicted octanol–water partition coefficient (Wildman–Crippen LogP) is 2.81. The zero-order valence-electron chi connectivity index (χ0n) is 10.4. The topological polar surface area (TPSA) is 64.4 Å². The number of hydrogen-bond acceptors (Lipinski definition) is 4. The van der Waals surface area contributed by atoms with E-state index in [2.05, 4.69) is 10.5 Å². The van der Waals surface area contributed by atoms with Crippen molar-refractivity contribution in [3.8, 4) is 0 Å². The molecule has 1 amide bonds. The number of anilines is 1. The van der Waals surface area contributed by atoms with Gasteiger partial charge in [0, 0.05) is 24.7 Å². The minimum atomic E-state index is -0.344. The van der Waals surface area contributed by atoms with Gasteiger partial charge in [0.15, 0.2) is 11.5 Å². The van der Waals surface area contributed by atoms with Crippen LogP contribution >= 0.6 is 11.6 Å². The van der Waals surface area contributed by atoms with E-state index in [9.17, 15) is 4.79 Å². The highest BCUT2D eigenvalue weighted by Crippen LogP contribution is 2.18. The van der Waals surface area contributed by atoms with Gasteiger partial charge in [0.1, 0.15) is 6.61 Å². The highest BCUT2D eigenvalue weighted by Gasteiger charge is 2.13. The average Bonchev–Trinajstić information content (AvgIpc) is 2.88. The molecule has 0 unspecified atom stereocenters. The highest BCUT2D eigenvalue weighted by molar-refractivity contribution is 6.17. The summed E-state index contributed by atoms with van der Waals surface area (Å²) in [5, 5.41) is 6.43. The second-order valence-electron chi connectivity index (χ2n) is 3.86. The van der Waals surface area contributed by atoms with Crippen molar-refractivity contribution in [2.24, 2.45) is 0 Å². The van der Waals surface area contributed by atoms with Crippen molar-refractivity contribution in [3.05, 3.63) is 47.3 Å². The molecule has 2 aromatic rings. The molecule has 1 N–H and O–H groups in total. The van der Waals surface area contributed by atoms with E-state index in [1.807, 2.05) is 18.2 Å². The summed E-state index contributed by atoms with van der Waals surface area (Å²) in [6, 6.07) is 8.86. The number of rotatable bonds is 5. The van der Waals surface area contributed by atoms with Gasteiger partial charge in [-0.15, -0.1) is 11.6 Å². The molecule has 100 valence electrons. The van der Waals surface area contributed by atoms with E-state index in [1.165, 1.54) is 0 Å². The fraction of sp³-hybridized carbons (Fsp3) is 0.231. The predicted molar refractivity (Wildman–Crippen MR) is 71.2 cm³/mol. The lowest BCUT2D eigenvalue weighted by Gasteiger charge is -2.07. The van der Waals surface area contributed by atoms with Crippen LogP contribution in [0.2, 0.25) is 0 Å². The number of nitrogens with one attached hydrogen (secondary N) is 1. The Hall–Kier alpha value is -1.85. The van der Waals surface area contributed by atoms with Crippen molar-refractivity contribution >= 4 is 23.2 Å². The van der Waals surface area contributed by atoms with Crippen LogP contribution in [-0.2, 0) is 17.2 Å². The van der Waals surface area contributed by atoms with Gasteiger partial charge in [0.05, 0.1) is 0 Å². The van der Waals surface area contributed by atoms with Gasteiger partial charge in [0.2, 0.25) is 0 Å². The summed E-state index contributed by atoms with van der Waals surface area (Å²) in [5.74, 6) is 0.478. The number of ether oxygens (including phenoxy) is 1. The molecule has 5 nitrogen and oxygen atoms in total. The Kier molecular flexibility index (Phi) is 4.54. The Labute approximate surface area is 115 Å². The van der Waals surface area contributed by atoms with Gasteiger partial charge >= 0.3 is 0 Å². The molecule has 0 fully saturated rings. The normalized spacial score (nSPS) is 10.4. The molecule has 0 saturated heterocycles. The first-order chi connectivity index (χ1) is 9.24. The van der Waals surface area contributed by atoms with Crippen LogP contribution in [0.3, 0.4) is 0 Å². The molecule has 1 heterocycles. The number of carbonyl (C=O) groups is 1. The Morgan fingerprint density at radius 2 is 2.26 bits per heavy atom. The van der Waals surface area contributed by atoms with E-state index < -0.39 is 0 Å². The first-order valence-electron chi connectivity index (χ1n) is 5.64. The van der Waals surface area contributed by atoms with Gasteiger partial charge in [-0.1, -0.05) is 23.4 Å². The standard InChI is InChI=1S/C13H13ClN2O3/c1-18-8-10-6-12(16-19-10)13(17)15-11-5-3-2-4-9(11)7-14/h2-6H,7-8H2,1H3,(H,15,17). The number of amides is 1. The number of aromatic nitrogens is 1. The molecule has 0 aliphatic heterocycles. The van der Waals surface area contributed by atoms with Crippen molar-refractivity contribution in [3.63, 3.8) is 0 Å². The first kappa shape index (κ1) is 13.6. The number of halogens is 1. The maximum absolute atomic E-state index is 12.0. The van der Waals surface area contributed by atoms with Crippen LogP contribution in [0.25, 0.3) is 0 Å². The maximum Gasteiger partial charge on any atom is 0.277 e. The van der Waals surface area contributed by atoms with E-state index in [-0.39, 0.29) is 18.2 Å². The molecule has 0 spiro atoms. The van der Waals surface area contributed by atoms with E-state index in [1.54, 1.807) is 19.2 Å². The van der Waals surface area contributed by atoms with Crippen LogP contribution in [0.4, 0.5) is 5.69 Å². The third-order valence-electron chi connectivity index (χ3n) is 2.49. The van der Waals surface area contributed by atoms with E-state index in [4.69, 9.17) is 20.9 Å². The lowest BCUT2D eigenvalue weighted by Crippen LogP contribution is -2.13. The molecule has 0 radical (unpaired) electrons. The second kappa shape index (κ2) is 6.36. The van der Waals surface area contributed by atoms with Crippen LogP contribution in [0.1, 0.15) is 21.8 Å². The SMILES string of the molecule is COCc1cc(C(=O)Nc2ccccc2CCl)no1. The number of nitrogens with zero attached hydrogens (tertiary/aromatic N) is 1. The second-order valence-corrected chi connectivity index (χ2v) is 4.12. The number of hydrogen-bond donors (Lipinski definition) is 1. The molecule has 0 atom stereocenters. The lowest BCUT2D eigenvalue weighted by atomic mass is 10.2. The van der Waals surface area contributed by atoms with Crippen LogP contribution in [-0.4, -0.2) is 18.2 Å². The summed E-state index contributed by atoms with van der Waals surface area (Å²) in [7, 11) is 1.54. The number of carbonyl (C=O) groups excluding carboxylic acids is 1. The average molecular weight is 281 g/mol. The van der Waals surface area contributed by atoms with Crippen molar-refractivity contribution in [1.29, 1.82) is 0 Å². The van der Waals surface area contributed by atoms with E-state index >= 15 is 0 Å². The molecule has 2 rings (SSSR count). The van der Waals surface area contributed by atoms with Gasteiger partial charge in [-0.05, 0) is 11.6 Å². The van der Waals surface area contributed by atoms with Gasteiger partial charge in [0.25, 0.3) is 5.91 Å². The minimum absolute atomic E-state index is 0.205. The number of methoxy groups -OCH3 is 1. The maximum atomic E-state index is 12.0. The summed E-state index contributed by atoms with van der Waals surface area (Å²) >= 11 is 5.80. The largest absolute Gasteiger partial charge is 0.377 e. The smallest absolute Gasteiger partial charge is 0.277 e. The van der Waals surface area contributed by atoms with Crippen molar-refractivity contribution in [1.82, 2.24) is 5.16 Å². The molecule has 19 heavy (non-hydrogen) atoms. The Bertz CT molecular complexity index is 569. The Morgan fingerprint density at radius 3 is 3.00 bits per heavy atom. The van der Waals surface area contributed by atoms with Crippen LogP contribution in [0.15, 0.2) is 34.9 Å². The number of benzene rings is 1. The molecule has 1 aromatic heterocycles. The number of alkyl halides is 1. The Balaban J connectivity index is 2.11. The summed E-state index contributed by atoms with van der Waals surface area (Å²) in [4.78, 5) is 12.0. The summed E-state index contributed by atoms with van der Waals surface area (Å²) in [6.45, 7) is 0.276. The summed E-state index contributed by atoms with van der Waals surface area (Å²) < 4.78 is 9.85. The third kappa shape index (κ3) is 3.33. The molecule has 0 aliphatic rings. The highest BCUT2D eigenvalue weighted by atomic mass is 35.5. The van der Waals surface area contributed by atoms with Gasteiger partial charge in [-0.2, -0.15) is 0 Å². The molecular formula is C13H13ClN2O3. The monoisotopic (exact) mass is 280 g/mol. The van der Waals surface area contributed by atoms with Crippen LogP contribution < -0.4 is 5.32 Å². The Morgan fingerprint density at radius 1 is 1.47 bits per heavy atom. The fourth-order valence-corrected chi connectivity index (χ4v) is 1.81. The van der Waals surface area contributed by atoms with Gasteiger partial charge in [-0.25, -0.2) is 0 Å². The molecule has 6 heteroatoms. The zero-order chi connectivity index (χ0) is 13.7. The van der Waals surface area contributed by atoms with Gasteiger partial charge < -0.3 is 14.6 Å².